The van der Waals surface area contributed by atoms with Crippen molar-refractivity contribution in [1.29, 1.82) is 0 Å². The zero-order chi connectivity index (χ0) is 52.0. The van der Waals surface area contributed by atoms with Crippen molar-refractivity contribution < 1.29 is 28.2 Å². The molecule has 0 amide bonds. The normalized spacial score (nSPS) is 14.7. The average molecular weight is 1120 g/mol. The number of rotatable bonds is 8. The van der Waals surface area contributed by atoms with E-state index in [1.807, 2.05) is 47.0 Å². The van der Waals surface area contributed by atoms with Crippen LogP contribution in [0.1, 0.15) is 85.9 Å². The first-order chi connectivity index (χ1) is 36.0. The molecule has 12 rings (SSSR count). The predicted octanol–water partition coefficient (Wildman–Crippen LogP) is 16.8. The minimum absolute atomic E-state index is 0.0108. The molecule has 0 saturated heterocycles. The Morgan fingerprint density at radius 3 is 1.85 bits per heavy atom. The maximum atomic E-state index is 8.69. The summed E-state index contributed by atoms with van der Waals surface area (Å²) < 4.78 is 40.9. The van der Waals surface area contributed by atoms with Crippen molar-refractivity contribution in [2.24, 2.45) is 0 Å². The SMILES string of the molecule is [2H]C([2H])([2H])c1cc(-n2c3[c-]c(Oc4[c-]c5c(cc4)CCC5n4[c](=[Pt])n(-c5c(-c6ccccc6)cc(C(C)(C)C)cc5-c5ccccc5)c5ccccc54)ccc3c3ccccc32)ncc1-c1ccc(C(C)(C)C)cc1. The van der Waals surface area contributed by atoms with E-state index in [-0.39, 0.29) is 22.4 Å². The van der Waals surface area contributed by atoms with Gasteiger partial charge >= 0.3 is 315 Å². The van der Waals surface area contributed by atoms with Gasteiger partial charge in [-0.2, -0.15) is 0 Å². The van der Waals surface area contributed by atoms with Gasteiger partial charge in [0.25, 0.3) is 0 Å². The molecular weight excluding hydrogens is 1060 g/mol. The van der Waals surface area contributed by atoms with Crippen molar-refractivity contribution in [3.63, 3.8) is 0 Å². The van der Waals surface area contributed by atoms with E-state index < -0.39 is 6.85 Å². The number of ether oxygens (including phenoxy) is 1. The zero-order valence-corrected chi connectivity index (χ0v) is 43.6. The fraction of sp³-hybridized carbons (Fsp3) is 0.182. The van der Waals surface area contributed by atoms with Gasteiger partial charge in [-0.25, -0.2) is 4.98 Å². The molecule has 358 valence electrons. The van der Waals surface area contributed by atoms with Crippen LogP contribution in [0.15, 0.2) is 182 Å². The number of hydrogen-bond acceptors (Lipinski definition) is 2. The van der Waals surface area contributed by atoms with Crippen LogP contribution in [-0.2, 0) is 36.6 Å². The molecule has 0 bridgehead atoms. The van der Waals surface area contributed by atoms with E-state index in [9.17, 15) is 0 Å². The van der Waals surface area contributed by atoms with Gasteiger partial charge in [-0.1, -0.05) is 63.2 Å². The van der Waals surface area contributed by atoms with Gasteiger partial charge in [0.2, 0.25) is 0 Å². The van der Waals surface area contributed by atoms with Gasteiger partial charge in [0.05, 0.1) is 0 Å². The summed E-state index contributed by atoms with van der Waals surface area (Å²) in [5.74, 6) is 1.60. The molecule has 1 unspecified atom stereocenters. The zero-order valence-electron chi connectivity index (χ0n) is 44.3. The first-order valence-electron chi connectivity index (χ1n) is 26.3. The van der Waals surface area contributed by atoms with Crippen LogP contribution >= 0.6 is 0 Å². The summed E-state index contributed by atoms with van der Waals surface area (Å²) in [6.07, 6.45) is 3.52. The minimum atomic E-state index is -2.40. The predicted molar refractivity (Wildman–Crippen MR) is 292 cm³/mol. The van der Waals surface area contributed by atoms with Crippen molar-refractivity contribution >= 4 is 32.8 Å². The number of fused-ring (bicyclic) bond motifs is 5. The standard InChI is InChI=1S/C66H56N4O.Pt/c1-43-36-63(67-41-57(43)47-26-30-48(31-27-47)65(2,3)4)70-59-23-15-14-22-52(59)53-34-33-51(40-62(53)70)71-50-32-28-46-29-35-58(54(46)39-50)68-42-69(61-25-17-16-24-60(61)68)64-55(44-18-10-8-11-19-44)37-49(66(5,6)7)38-56(64)45-20-12-9-13-21-45;/h8-28,30-34,36-38,41,58H,29,35H2,1-7H3;/q-2;/i1D3;. The summed E-state index contributed by atoms with van der Waals surface area (Å²) >= 11 is 2.56. The van der Waals surface area contributed by atoms with Gasteiger partial charge in [-0.15, -0.1) is 0 Å². The number of imidazole rings is 1. The second kappa shape index (κ2) is 17.8. The molecule has 11 aromatic rings. The van der Waals surface area contributed by atoms with Crippen molar-refractivity contribution in [1.82, 2.24) is 18.7 Å². The Labute approximate surface area is 437 Å². The third-order valence-electron chi connectivity index (χ3n) is 14.4. The van der Waals surface area contributed by atoms with E-state index in [0.717, 1.165) is 66.3 Å². The van der Waals surface area contributed by atoms with Gasteiger partial charge in [0.15, 0.2) is 0 Å². The number of nitrogens with zero attached hydrogens (tertiary/aromatic N) is 4. The van der Waals surface area contributed by atoms with E-state index in [0.29, 0.717) is 22.9 Å². The number of hydrogen-bond donors (Lipinski definition) is 0. The second-order valence-corrected chi connectivity index (χ2v) is 22.1. The molecule has 1 atom stereocenters. The van der Waals surface area contributed by atoms with Gasteiger partial charge in [0.1, 0.15) is 0 Å². The van der Waals surface area contributed by atoms with Crippen LogP contribution in [0.3, 0.4) is 0 Å². The molecule has 0 saturated carbocycles. The molecule has 0 aliphatic heterocycles. The number of pyridine rings is 1. The Morgan fingerprint density at radius 2 is 1.18 bits per heavy atom. The quantitative estimate of drug-likeness (QED) is 0.142. The van der Waals surface area contributed by atoms with Crippen molar-refractivity contribution in [2.45, 2.75) is 78.1 Å². The second-order valence-electron chi connectivity index (χ2n) is 21.1. The van der Waals surface area contributed by atoms with E-state index in [1.54, 1.807) is 12.3 Å². The minimum Gasteiger partial charge on any atom is -0.238 e. The molecule has 3 aromatic heterocycles. The first-order valence-corrected chi connectivity index (χ1v) is 25.9. The topological polar surface area (TPSA) is 36.9 Å². The van der Waals surface area contributed by atoms with Crippen LogP contribution in [0, 0.1) is 22.8 Å². The Morgan fingerprint density at radius 1 is 0.583 bits per heavy atom. The number of benzene rings is 8. The summed E-state index contributed by atoms with van der Waals surface area (Å²) in [5.41, 5.74) is 16.1. The molecule has 6 heteroatoms. The third kappa shape index (κ3) is 7.99. The van der Waals surface area contributed by atoms with Crippen LogP contribution in [0.5, 0.6) is 11.5 Å². The summed E-state index contributed by atoms with van der Waals surface area (Å²) in [6, 6.07) is 68.7. The smallest absolute Gasteiger partial charge is 0.238 e. The Balaban J connectivity index is 0.956. The molecule has 8 aromatic carbocycles. The van der Waals surface area contributed by atoms with Gasteiger partial charge in [0, 0.05) is 15.9 Å². The molecule has 1 aliphatic rings. The first kappa shape index (κ1) is 42.4. The van der Waals surface area contributed by atoms with Crippen LogP contribution in [0.2, 0.25) is 0 Å². The van der Waals surface area contributed by atoms with E-state index in [2.05, 4.69) is 210 Å². The molecule has 72 heavy (non-hydrogen) atoms. The number of aryl methyl sites for hydroxylation is 2. The van der Waals surface area contributed by atoms with Crippen LogP contribution in [0.25, 0.3) is 77.7 Å². The molecule has 5 nitrogen and oxygen atoms in total. The van der Waals surface area contributed by atoms with Crippen LogP contribution in [0.4, 0.5) is 0 Å². The van der Waals surface area contributed by atoms with Gasteiger partial charge < -0.3 is 0 Å². The van der Waals surface area contributed by atoms with Gasteiger partial charge in [-0.3, -0.25) is 0 Å². The number of aromatic nitrogens is 4. The molecule has 0 radical (unpaired) electrons. The third-order valence-corrected chi connectivity index (χ3v) is 15.5. The monoisotopic (exact) mass is 1120 g/mol. The molecule has 0 N–H and O–H groups in total. The van der Waals surface area contributed by atoms with E-state index in [4.69, 9.17) is 13.8 Å². The molecule has 0 spiro atoms. The van der Waals surface area contributed by atoms with E-state index >= 15 is 0 Å². The fourth-order valence-electron chi connectivity index (χ4n) is 10.7. The Kier molecular flexibility index (Phi) is 10.4. The summed E-state index contributed by atoms with van der Waals surface area (Å²) in [7, 11) is 0. The van der Waals surface area contributed by atoms with Crippen molar-refractivity contribution in [2.75, 3.05) is 0 Å². The summed E-state index contributed by atoms with van der Waals surface area (Å²) in [5, 5.41) is 1.96. The van der Waals surface area contributed by atoms with Crippen molar-refractivity contribution in [3.8, 4) is 56.4 Å². The maximum absolute atomic E-state index is 8.69. The Hall–Kier alpha value is -7.33. The van der Waals surface area contributed by atoms with Crippen LogP contribution < -0.4 is 4.74 Å². The van der Waals surface area contributed by atoms with E-state index in [1.165, 1.54) is 38.9 Å². The van der Waals surface area contributed by atoms with Crippen molar-refractivity contribution in [3.05, 3.63) is 226 Å². The Bertz CT molecular complexity index is 4000. The fourth-order valence-corrected chi connectivity index (χ4v) is 11.8. The van der Waals surface area contributed by atoms with Crippen LogP contribution in [-0.4, -0.2) is 18.7 Å². The molecular formula is C66H56N4OPt-2. The molecule has 0 fully saturated rings. The molecule has 3 heterocycles. The summed E-state index contributed by atoms with van der Waals surface area (Å²) in [6.45, 7) is 11.0. The average Bonchev–Trinajstić information content (AvgIpc) is 4.06. The summed E-state index contributed by atoms with van der Waals surface area (Å²) in [4.78, 5) is 4.98. The molecule has 1 aliphatic carbocycles. The van der Waals surface area contributed by atoms with Gasteiger partial charge in [-0.05, 0) is 41.1 Å². The number of para-hydroxylation sites is 3.